The molecule has 1 aliphatic rings. The first-order valence-electron chi connectivity index (χ1n) is 9.38. The van der Waals surface area contributed by atoms with Crippen LogP contribution in [0.2, 0.25) is 0 Å². The van der Waals surface area contributed by atoms with Crippen molar-refractivity contribution in [2.45, 2.75) is 25.4 Å². The molecule has 1 amide bonds. The molecule has 0 spiro atoms. The lowest BCUT2D eigenvalue weighted by molar-refractivity contribution is -0.137. The molecule has 158 valence electrons. The molecule has 2 aromatic carbocycles. The Morgan fingerprint density at radius 1 is 1.17 bits per heavy atom. The van der Waals surface area contributed by atoms with Gasteiger partial charge < -0.3 is 10.2 Å². The summed E-state index contributed by atoms with van der Waals surface area (Å²) >= 11 is 0. The van der Waals surface area contributed by atoms with Crippen LogP contribution in [-0.2, 0) is 16.4 Å². The third-order valence-electron chi connectivity index (χ3n) is 5.08. The molecule has 0 bridgehead atoms. The Morgan fingerprint density at radius 2 is 1.90 bits per heavy atom. The highest BCUT2D eigenvalue weighted by Crippen LogP contribution is 2.46. The third-order valence-corrected chi connectivity index (χ3v) is 5.08. The smallest absolute Gasteiger partial charge is 0.376 e. The van der Waals surface area contributed by atoms with Gasteiger partial charge in [-0.25, -0.2) is 5.43 Å². The van der Waals surface area contributed by atoms with Crippen molar-refractivity contribution in [2.75, 3.05) is 23.8 Å². The van der Waals surface area contributed by atoms with E-state index in [9.17, 15) is 18.0 Å². The fourth-order valence-electron chi connectivity index (χ4n) is 3.55. The quantitative estimate of drug-likeness (QED) is 0.556. The maximum Gasteiger partial charge on any atom is 0.416 e. The van der Waals surface area contributed by atoms with E-state index in [0.29, 0.717) is 0 Å². The molecule has 3 rings (SSSR count). The van der Waals surface area contributed by atoms with Gasteiger partial charge in [0.2, 0.25) is 0 Å². The maximum absolute atomic E-state index is 12.7. The Morgan fingerprint density at radius 3 is 2.60 bits per heavy atom. The highest BCUT2D eigenvalue weighted by molar-refractivity contribution is 5.83. The maximum atomic E-state index is 12.7. The Kier molecular flexibility index (Phi) is 5.87. The van der Waals surface area contributed by atoms with Gasteiger partial charge in [-0.05, 0) is 35.9 Å². The fourth-order valence-corrected chi connectivity index (χ4v) is 3.55. The number of hydrogen-bond acceptors (Lipinski definition) is 4. The number of carbonyl (C=O) groups is 1. The third kappa shape index (κ3) is 4.48. The zero-order valence-electron chi connectivity index (χ0n) is 16.9. The molecular weight excluding hydrogens is 393 g/mol. The summed E-state index contributed by atoms with van der Waals surface area (Å²) in [4.78, 5) is 14.0. The van der Waals surface area contributed by atoms with Crippen LogP contribution in [0.5, 0.6) is 0 Å². The second-order valence-corrected chi connectivity index (χ2v) is 7.50. The monoisotopic (exact) mass is 416 g/mol. The molecule has 8 heteroatoms. The first kappa shape index (κ1) is 21.4. The topological polar surface area (TPSA) is 56.7 Å². The fraction of sp³-hybridized carbons (Fsp3) is 0.273. The molecule has 1 heterocycles. The van der Waals surface area contributed by atoms with Crippen molar-refractivity contribution >= 4 is 23.5 Å². The number of nitrogens with zero attached hydrogens (tertiary/aromatic N) is 2. The van der Waals surface area contributed by atoms with Gasteiger partial charge in [0.25, 0.3) is 5.91 Å². The predicted molar refractivity (Wildman–Crippen MR) is 113 cm³/mol. The van der Waals surface area contributed by atoms with Crippen molar-refractivity contribution in [1.29, 1.82) is 0 Å². The molecule has 0 aliphatic carbocycles. The van der Waals surface area contributed by atoms with Crippen LogP contribution in [0.1, 0.15) is 25.0 Å². The lowest BCUT2D eigenvalue weighted by Gasteiger charge is -2.23. The number of benzene rings is 2. The van der Waals surface area contributed by atoms with Crippen LogP contribution in [0.4, 0.5) is 24.5 Å². The summed E-state index contributed by atoms with van der Waals surface area (Å²) in [5, 5.41) is 6.58. The van der Waals surface area contributed by atoms with Gasteiger partial charge in [0.1, 0.15) is 0 Å². The summed E-state index contributed by atoms with van der Waals surface area (Å²) in [6.07, 6.45) is -1.10. The molecule has 0 saturated heterocycles. The van der Waals surface area contributed by atoms with E-state index >= 15 is 0 Å². The number of hydrazone groups is 1. The van der Waals surface area contributed by atoms with Gasteiger partial charge >= 0.3 is 6.18 Å². The first-order valence-corrected chi connectivity index (χ1v) is 9.38. The highest BCUT2D eigenvalue weighted by atomic mass is 19.4. The van der Waals surface area contributed by atoms with Crippen LogP contribution >= 0.6 is 0 Å². The lowest BCUT2D eigenvalue weighted by atomic mass is 9.84. The molecule has 2 N–H and O–H groups in total. The van der Waals surface area contributed by atoms with Gasteiger partial charge in [0.15, 0.2) is 0 Å². The number of anilines is 2. The molecule has 0 radical (unpaired) electrons. The number of fused-ring (bicyclic) bond motifs is 1. The van der Waals surface area contributed by atoms with Crippen LogP contribution in [0.25, 0.3) is 0 Å². The molecule has 0 saturated carbocycles. The van der Waals surface area contributed by atoms with E-state index in [1.165, 1.54) is 23.9 Å². The van der Waals surface area contributed by atoms with E-state index in [2.05, 4.69) is 46.7 Å². The van der Waals surface area contributed by atoms with Crippen molar-refractivity contribution in [3.05, 3.63) is 71.4 Å². The van der Waals surface area contributed by atoms with Crippen LogP contribution in [0.3, 0.4) is 0 Å². The zero-order chi connectivity index (χ0) is 21.9. The minimum atomic E-state index is -4.43. The number of rotatable bonds is 5. The van der Waals surface area contributed by atoms with Gasteiger partial charge in [-0.15, -0.1) is 0 Å². The van der Waals surface area contributed by atoms with Crippen molar-refractivity contribution in [1.82, 2.24) is 5.43 Å². The number of amides is 1. The number of carbonyl (C=O) groups excluding carboxylic acids is 1. The molecule has 5 nitrogen and oxygen atoms in total. The molecular formula is C22H23F3N4O. The predicted octanol–water partition coefficient (Wildman–Crippen LogP) is 4.53. The Balaban J connectivity index is 1.57. The molecule has 1 aliphatic heterocycles. The lowest BCUT2D eigenvalue weighted by Crippen LogP contribution is -2.26. The zero-order valence-corrected chi connectivity index (χ0v) is 16.9. The van der Waals surface area contributed by atoms with E-state index in [1.807, 2.05) is 25.3 Å². The molecule has 2 aromatic rings. The Labute approximate surface area is 173 Å². The van der Waals surface area contributed by atoms with Crippen molar-refractivity contribution in [2.24, 2.45) is 5.10 Å². The minimum absolute atomic E-state index is 0.202. The number of allylic oxidation sites excluding steroid dienone is 2. The summed E-state index contributed by atoms with van der Waals surface area (Å²) in [5.41, 5.74) is 4.96. The number of alkyl halides is 3. The normalized spacial score (nSPS) is 16.7. The van der Waals surface area contributed by atoms with E-state index < -0.39 is 17.6 Å². The van der Waals surface area contributed by atoms with Crippen LogP contribution in [0, 0.1) is 0 Å². The Bertz CT molecular complexity index is 996. The minimum Gasteiger partial charge on any atom is -0.376 e. The van der Waals surface area contributed by atoms with E-state index in [0.717, 1.165) is 23.5 Å². The number of nitrogens with one attached hydrogen (secondary N) is 2. The van der Waals surface area contributed by atoms with Crippen molar-refractivity contribution in [3.8, 4) is 0 Å². The average Bonchev–Trinajstić information content (AvgIpc) is 2.89. The second-order valence-electron chi connectivity index (χ2n) is 7.50. The van der Waals surface area contributed by atoms with Gasteiger partial charge in [-0.3, -0.25) is 4.79 Å². The van der Waals surface area contributed by atoms with E-state index in [-0.39, 0.29) is 17.6 Å². The van der Waals surface area contributed by atoms with Crippen LogP contribution < -0.4 is 15.6 Å². The summed E-state index contributed by atoms with van der Waals surface area (Å²) in [6.45, 7) is 4.03. The summed E-state index contributed by atoms with van der Waals surface area (Å²) in [5.74, 6) is -0.468. The standard InChI is InChI=1S/C22H23F3N4O/c1-21(2)17-9-4-5-10-18(17)29(3)19(21)11-12-27-28-20(30)14-26-16-8-6-7-15(13-16)22(23,24)25/h4-13,26H,14H2,1-3H3,(H,28,30)/b19-11-,27-12-. The molecule has 30 heavy (non-hydrogen) atoms. The highest BCUT2D eigenvalue weighted by Gasteiger charge is 2.37. The summed E-state index contributed by atoms with van der Waals surface area (Å²) in [7, 11) is 1.98. The van der Waals surface area contributed by atoms with Crippen molar-refractivity contribution in [3.63, 3.8) is 0 Å². The summed E-state index contributed by atoms with van der Waals surface area (Å²) in [6, 6.07) is 12.8. The molecule has 0 aromatic heterocycles. The van der Waals surface area contributed by atoms with Gasteiger partial charge in [0, 0.05) is 35.7 Å². The number of halogens is 3. The molecule has 0 unspecified atom stereocenters. The molecule has 0 atom stereocenters. The van der Waals surface area contributed by atoms with Crippen LogP contribution in [0.15, 0.2) is 65.4 Å². The largest absolute Gasteiger partial charge is 0.416 e. The van der Waals surface area contributed by atoms with E-state index in [4.69, 9.17) is 0 Å². The molecule has 0 fully saturated rings. The van der Waals surface area contributed by atoms with Gasteiger partial charge in [-0.2, -0.15) is 18.3 Å². The summed E-state index contributed by atoms with van der Waals surface area (Å²) < 4.78 is 38.2. The van der Waals surface area contributed by atoms with Crippen molar-refractivity contribution < 1.29 is 18.0 Å². The average molecular weight is 416 g/mol. The first-order chi connectivity index (χ1) is 14.1. The van der Waals surface area contributed by atoms with Gasteiger partial charge in [0.05, 0.1) is 12.1 Å². The number of hydrogen-bond donors (Lipinski definition) is 2. The van der Waals surface area contributed by atoms with Gasteiger partial charge in [-0.1, -0.05) is 38.1 Å². The Hall–Kier alpha value is -3.29. The van der Waals surface area contributed by atoms with E-state index in [1.54, 1.807) is 0 Å². The SMILES string of the molecule is CN1/C(=C\C=N/NC(=O)CNc2cccc(C(F)(F)F)c2)C(C)(C)c2ccccc21. The second kappa shape index (κ2) is 8.22. The van der Waals surface area contributed by atoms with Crippen LogP contribution in [-0.4, -0.2) is 25.7 Å². The number of likely N-dealkylation sites (N-methyl/N-ethyl adjacent to an activating group) is 1. The number of para-hydroxylation sites is 1.